The lowest BCUT2D eigenvalue weighted by atomic mass is 10.1. The Bertz CT molecular complexity index is 514. The summed E-state index contributed by atoms with van der Waals surface area (Å²) in [7, 11) is 0. The van der Waals surface area contributed by atoms with Crippen molar-refractivity contribution in [2.24, 2.45) is 0 Å². The van der Waals surface area contributed by atoms with E-state index in [-0.39, 0.29) is 5.56 Å². The van der Waals surface area contributed by atoms with Gasteiger partial charge in [-0.05, 0) is 19.1 Å². The van der Waals surface area contributed by atoms with Crippen molar-refractivity contribution in [3.8, 4) is 17.6 Å². The third-order valence-electron chi connectivity index (χ3n) is 2.86. The minimum Gasteiger partial charge on any atom is -0.489 e. The van der Waals surface area contributed by atoms with Crippen molar-refractivity contribution >= 4 is 11.7 Å². The van der Waals surface area contributed by atoms with E-state index in [4.69, 9.17) is 9.84 Å². The van der Waals surface area contributed by atoms with E-state index in [0.29, 0.717) is 12.4 Å². The second kappa shape index (κ2) is 5.46. The zero-order valence-electron chi connectivity index (χ0n) is 10.3. The number of benzene rings is 1. The number of carbonyl (C=O) groups is 1. The average molecular weight is 245 g/mol. The number of para-hydroxylation sites is 1. The lowest BCUT2D eigenvalue weighted by molar-refractivity contribution is 0.0692. The van der Waals surface area contributed by atoms with Crippen molar-refractivity contribution in [2.45, 2.75) is 13.3 Å². The van der Waals surface area contributed by atoms with E-state index < -0.39 is 5.97 Å². The van der Waals surface area contributed by atoms with Gasteiger partial charge in [0.2, 0.25) is 0 Å². The van der Waals surface area contributed by atoms with Crippen LogP contribution < -0.4 is 9.64 Å². The number of nitrogens with zero attached hydrogens (tertiary/aromatic N) is 1. The van der Waals surface area contributed by atoms with Gasteiger partial charge in [0.05, 0.1) is 12.2 Å². The van der Waals surface area contributed by atoms with E-state index in [1.807, 2.05) is 13.0 Å². The third-order valence-corrected chi connectivity index (χ3v) is 2.86. The highest BCUT2D eigenvalue weighted by Crippen LogP contribution is 2.34. The number of carboxylic acid groups (broad SMARTS) is 1. The number of ether oxygens (including phenoxy) is 1. The molecule has 1 aromatic carbocycles. The van der Waals surface area contributed by atoms with Crippen LogP contribution in [0.25, 0.3) is 0 Å². The highest BCUT2D eigenvalue weighted by Gasteiger charge is 2.22. The first-order valence-corrected chi connectivity index (χ1v) is 5.87. The van der Waals surface area contributed by atoms with Crippen LogP contribution in [0.2, 0.25) is 0 Å². The summed E-state index contributed by atoms with van der Waals surface area (Å²) in [5.41, 5.74) is 1.07. The van der Waals surface area contributed by atoms with Gasteiger partial charge in [-0.2, -0.15) is 0 Å². The van der Waals surface area contributed by atoms with E-state index in [0.717, 1.165) is 25.2 Å². The molecule has 0 fully saturated rings. The Morgan fingerprint density at radius 1 is 1.56 bits per heavy atom. The van der Waals surface area contributed by atoms with Crippen LogP contribution in [0.4, 0.5) is 5.69 Å². The van der Waals surface area contributed by atoms with Crippen LogP contribution in [0.3, 0.4) is 0 Å². The molecule has 0 radical (unpaired) electrons. The van der Waals surface area contributed by atoms with Crippen molar-refractivity contribution in [3.63, 3.8) is 0 Å². The molecule has 0 aromatic heterocycles. The molecular formula is C14H15NO3. The van der Waals surface area contributed by atoms with Crippen molar-refractivity contribution in [1.29, 1.82) is 0 Å². The van der Waals surface area contributed by atoms with E-state index >= 15 is 0 Å². The maximum Gasteiger partial charge on any atom is 0.339 e. The Hall–Kier alpha value is -2.15. The first-order chi connectivity index (χ1) is 8.74. The molecule has 0 unspecified atom stereocenters. The smallest absolute Gasteiger partial charge is 0.339 e. The number of hydrogen-bond donors (Lipinski definition) is 1. The molecular weight excluding hydrogens is 230 g/mol. The Morgan fingerprint density at radius 3 is 3.11 bits per heavy atom. The Labute approximate surface area is 106 Å². The molecule has 18 heavy (non-hydrogen) atoms. The molecule has 94 valence electrons. The summed E-state index contributed by atoms with van der Waals surface area (Å²) in [6.07, 6.45) is 0.771. The van der Waals surface area contributed by atoms with E-state index in [2.05, 4.69) is 16.7 Å². The molecule has 1 N–H and O–H groups in total. The lowest BCUT2D eigenvalue weighted by Crippen LogP contribution is -2.34. The van der Waals surface area contributed by atoms with Gasteiger partial charge in [-0.1, -0.05) is 6.07 Å². The SMILES string of the molecule is CC#CCCN1CCOc2c(C(=O)O)cccc21. The largest absolute Gasteiger partial charge is 0.489 e. The molecule has 0 aliphatic carbocycles. The number of anilines is 1. The Balaban J connectivity index is 2.28. The Kier molecular flexibility index (Phi) is 3.73. The first kappa shape index (κ1) is 12.3. The van der Waals surface area contributed by atoms with Gasteiger partial charge < -0.3 is 14.7 Å². The number of rotatable bonds is 3. The molecule has 4 heteroatoms. The molecule has 0 saturated carbocycles. The van der Waals surface area contributed by atoms with Crippen molar-refractivity contribution in [3.05, 3.63) is 23.8 Å². The van der Waals surface area contributed by atoms with Gasteiger partial charge >= 0.3 is 5.97 Å². The second-order valence-corrected chi connectivity index (χ2v) is 3.97. The molecule has 1 aliphatic rings. The predicted molar refractivity (Wildman–Crippen MR) is 69.2 cm³/mol. The van der Waals surface area contributed by atoms with Crippen LogP contribution in [0.1, 0.15) is 23.7 Å². The quantitative estimate of drug-likeness (QED) is 0.827. The van der Waals surface area contributed by atoms with Crippen molar-refractivity contribution < 1.29 is 14.6 Å². The molecule has 1 heterocycles. The summed E-state index contributed by atoms with van der Waals surface area (Å²) in [6.45, 7) is 3.88. The van der Waals surface area contributed by atoms with Crippen molar-refractivity contribution in [2.75, 3.05) is 24.6 Å². The van der Waals surface area contributed by atoms with E-state index in [9.17, 15) is 4.79 Å². The molecule has 1 aromatic rings. The van der Waals surface area contributed by atoms with Crippen LogP contribution in [-0.2, 0) is 0 Å². The maximum atomic E-state index is 11.1. The summed E-state index contributed by atoms with van der Waals surface area (Å²) < 4.78 is 5.49. The normalized spacial score (nSPS) is 13.1. The number of aromatic carboxylic acids is 1. The number of hydrogen-bond acceptors (Lipinski definition) is 3. The van der Waals surface area contributed by atoms with Gasteiger partial charge in [0.1, 0.15) is 12.2 Å². The highest BCUT2D eigenvalue weighted by atomic mass is 16.5. The molecule has 0 bridgehead atoms. The number of carboxylic acids is 1. The van der Waals surface area contributed by atoms with Gasteiger partial charge in [-0.15, -0.1) is 11.8 Å². The maximum absolute atomic E-state index is 11.1. The van der Waals surface area contributed by atoms with Crippen LogP contribution in [0.15, 0.2) is 18.2 Å². The van der Waals surface area contributed by atoms with E-state index in [1.165, 1.54) is 0 Å². The van der Waals surface area contributed by atoms with Crippen LogP contribution in [0.5, 0.6) is 5.75 Å². The van der Waals surface area contributed by atoms with Gasteiger partial charge in [0.25, 0.3) is 0 Å². The topological polar surface area (TPSA) is 49.8 Å². The Morgan fingerprint density at radius 2 is 2.39 bits per heavy atom. The molecule has 4 nitrogen and oxygen atoms in total. The molecule has 0 amide bonds. The summed E-state index contributed by atoms with van der Waals surface area (Å²) in [5.74, 6) is 5.39. The van der Waals surface area contributed by atoms with Crippen LogP contribution in [0, 0.1) is 11.8 Å². The summed E-state index contributed by atoms with van der Waals surface area (Å²) in [4.78, 5) is 13.2. The van der Waals surface area contributed by atoms with Gasteiger partial charge in [0, 0.05) is 13.0 Å². The van der Waals surface area contributed by atoms with Gasteiger partial charge in [-0.3, -0.25) is 0 Å². The zero-order valence-corrected chi connectivity index (χ0v) is 10.3. The molecule has 0 atom stereocenters. The highest BCUT2D eigenvalue weighted by molar-refractivity contribution is 5.93. The molecule has 2 rings (SSSR count). The fraction of sp³-hybridized carbons (Fsp3) is 0.357. The lowest BCUT2D eigenvalue weighted by Gasteiger charge is -2.31. The minimum absolute atomic E-state index is 0.221. The van der Waals surface area contributed by atoms with Gasteiger partial charge in [0.15, 0.2) is 5.75 Å². The molecule has 1 aliphatic heterocycles. The van der Waals surface area contributed by atoms with Crippen LogP contribution in [-0.4, -0.2) is 30.8 Å². The monoisotopic (exact) mass is 245 g/mol. The zero-order chi connectivity index (χ0) is 13.0. The van der Waals surface area contributed by atoms with Gasteiger partial charge in [-0.25, -0.2) is 4.79 Å². The van der Waals surface area contributed by atoms with Crippen molar-refractivity contribution in [1.82, 2.24) is 0 Å². The van der Waals surface area contributed by atoms with Crippen LogP contribution >= 0.6 is 0 Å². The fourth-order valence-electron chi connectivity index (χ4n) is 2.02. The molecule has 0 spiro atoms. The summed E-state index contributed by atoms with van der Waals surface area (Å²) in [5, 5.41) is 9.12. The second-order valence-electron chi connectivity index (χ2n) is 3.97. The third kappa shape index (κ3) is 2.40. The molecule has 0 saturated heterocycles. The summed E-state index contributed by atoms with van der Waals surface area (Å²) in [6, 6.07) is 5.20. The average Bonchev–Trinajstić information content (AvgIpc) is 2.38. The fourth-order valence-corrected chi connectivity index (χ4v) is 2.02. The standard InChI is InChI=1S/C14H15NO3/c1-2-3-4-8-15-9-10-18-13-11(14(16)17)6-5-7-12(13)15/h5-7H,4,8-10H2,1H3,(H,16,17). The summed E-state index contributed by atoms with van der Waals surface area (Å²) >= 11 is 0. The van der Waals surface area contributed by atoms with E-state index in [1.54, 1.807) is 12.1 Å². The predicted octanol–water partition coefficient (Wildman–Crippen LogP) is 2.00. The number of fused-ring (bicyclic) bond motifs is 1. The first-order valence-electron chi connectivity index (χ1n) is 5.87. The minimum atomic E-state index is -0.956.